The SMILES string of the molecule is Cc1nc(CCNc2ncc(C#N)c(N[C@@H]3CC[C@H](O)C(C)(C)C3)n2)no1.[HH]. The Labute approximate surface area is 159 Å². The number of nitriles is 1. The number of hydrogen-bond acceptors (Lipinski definition) is 9. The molecule has 1 fully saturated rings. The molecule has 0 saturated heterocycles. The molecular weight excluding hydrogens is 346 g/mol. The maximum atomic E-state index is 10.1. The minimum absolute atomic E-state index is 0. The van der Waals surface area contributed by atoms with Crippen molar-refractivity contribution in [1.82, 2.24) is 20.1 Å². The van der Waals surface area contributed by atoms with E-state index in [0.717, 1.165) is 19.3 Å². The fourth-order valence-corrected chi connectivity index (χ4v) is 3.33. The van der Waals surface area contributed by atoms with Gasteiger partial charge >= 0.3 is 0 Å². The van der Waals surface area contributed by atoms with Gasteiger partial charge in [0.1, 0.15) is 17.5 Å². The molecule has 2 heterocycles. The molecule has 27 heavy (non-hydrogen) atoms. The van der Waals surface area contributed by atoms with Gasteiger partial charge in [0.05, 0.1) is 12.3 Å². The van der Waals surface area contributed by atoms with Crippen molar-refractivity contribution >= 4 is 11.8 Å². The second-order valence-electron chi connectivity index (χ2n) is 7.60. The van der Waals surface area contributed by atoms with E-state index in [0.29, 0.717) is 42.0 Å². The molecule has 2 aromatic heterocycles. The molecular formula is C18H27N7O2. The molecule has 1 aliphatic carbocycles. The summed E-state index contributed by atoms with van der Waals surface area (Å²) in [6.45, 7) is 6.41. The first-order chi connectivity index (χ1) is 12.9. The van der Waals surface area contributed by atoms with Crippen molar-refractivity contribution in [2.75, 3.05) is 17.2 Å². The van der Waals surface area contributed by atoms with Crippen LogP contribution in [0.2, 0.25) is 0 Å². The normalized spacial score (nSPS) is 21.4. The van der Waals surface area contributed by atoms with E-state index in [-0.39, 0.29) is 19.0 Å². The van der Waals surface area contributed by atoms with Gasteiger partial charge in [-0.2, -0.15) is 15.2 Å². The molecule has 0 unspecified atom stereocenters. The first-order valence-corrected chi connectivity index (χ1v) is 9.12. The lowest BCUT2D eigenvalue weighted by Gasteiger charge is -2.40. The molecule has 9 nitrogen and oxygen atoms in total. The summed E-state index contributed by atoms with van der Waals surface area (Å²) in [6, 6.07) is 2.28. The number of nitrogens with one attached hydrogen (secondary N) is 2. The summed E-state index contributed by atoms with van der Waals surface area (Å²) in [4.78, 5) is 12.8. The van der Waals surface area contributed by atoms with Gasteiger partial charge < -0.3 is 20.3 Å². The van der Waals surface area contributed by atoms with Gasteiger partial charge in [-0.3, -0.25) is 0 Å². The fourth-order valence-electron chi connectivity index (χ4n) is 3.33. The Morgan fingerprint density at radius 1 is 1.41 bits per heavy atom. The molecule has 0 radical (unpaired) electrons. The Bertz CT molecular complexity index is 834. The minimum Gasteiger partial charge on any atom is -0.393 e. The van der Waals surface area contributed by atoms with Gasteiger partial charge in [0.25, 0.3) is 0 Å². The molecule has 1 aliphatic rings. The lowest BCUT2D eigenvalue weighted by atomic mass is 9.73. The van der Waals surface area contributed by atoms with Gasteiger partial charge in [0.15, 0.2) is 5.82 Å². The lowest BCUT2D eigenvalue weighted by molar-refractivity contribution is 0.00926. The summed E-state index contributed by atoms with van der Waals surface area (Å²) in [7, 11) is 0. The molecule has 0 bridgehead atoms. The van der Waals surface area contributed by atoms with Crippen molar-refractivity contribution in [2.24, 2.45) is 5.41 Å². The summed E-state index contributed by atoms with van der Waals surface area (Å²) in [5, 5.41) is 29.8. The Kier molecular flexibility index (Phi) is 5.56. The first kappa shape index (κ1) is 19.0. The predicted octanol–water partition coefficient (Wildman–Crippen LogP) is 2.29. The van der Waals surface area contributed by atoms with Crippen LogP contribution in [0.3, 0.4) is 0 Å². The van der Waals surface area contributed by atoms with Crippen LogP contribution >= 0.6 is 0 Å². The van der Waals surface area contributed by atoms with E-state index in [4.69, 9.17) is 4.52 Å². The molecule has 3 rings (SSSR count). The number of nitrogens with zero attached hydrogens (tertiary/aromatic N) is 5. The van der Waals surface area contributed by atoms with Crippen molar-refractivity contribution in [3.63, 3.8) is 0 Å². The highest BCUT2D eigenvalue weighted by Gasteiger charge is 2.35. The summed E-state index contributed by atoms with van der Waals surface area (Å²) in [6.07, 6.45) is 4.16. The van der Waals surface area contributed by atoms with Gasteiger partial charge in [0, 0.05) is 27.4 Å². The number of aryl methyl sites for hydroxylation is 1. The smallest absolute Gasteiger partial charge is 0.224 e. The molecule has 3 N–H and O–H groups in total. The van der Waals surface area contributed by atoms with Gasteiger partial charge in [-0.1, -0.05) is 19.0 Å². The molecule has 2 aromatic rings. The largest absolute Gasteiger partial charge is 0.393 e. The van der Waals surface area contributed by atoms with Crippen LogP contribution in [0.5, 0.6) is 0 Å². The van der Waals surface area contributed by atoms with Crippen LogP contribution in [-0.4, -0.2) is 43.9 Å². The second-order valence-corrected chi connectivity index (χ2v) is 7.60. The molecule has 1 saturated carbocycles. The Hall–Kier alpha value is -2.73. The first-order valence-electron chi connectivity index (χ1n) is 9.12. The predicted molar refractivity (Wildman–Crippen MR) is 101 cm³/mol. The Morgan fingerprint density at radius 2 is 2.22 bits per heavy atom. The minimum atomic E-state index is -0.303. The number of hydrogen-bond donors (Lipinski definition) is 3. The molecule has 9 heteroatoms. The van der Waals surface area contributed by atoms with Crippen molar-refractivity contribution in [3.05, 3.63) is 23.5 Å². The summed E-state index contributed by atoms with van der Waals surface area (Å²) < 4.78 is 4.94. The number of aromatic nitrogens is 4. The van der Waals surface area contributed by atoms with Crippen molar-refractivity contribution in [3.8, 4) is 6.07 Å². The van der Waals surface area contributed by atoms with E-state index in [1.165, 1.54) is 6.20 Å². The lowest BCUT2D eigenvalue weighted by Crippen LogP contribution is -2.41. The summed E-state index contributed by atoms with van der Waals surface area (Å²) >= 11 is 0. The van der Waals surface area contributed by atoms with Crippen LogP contribution in [0.25, 0.3) is 0 Å². The molecule has 0 aromatic carbocycles. The van der Waals surface area contributed by atoms with Crippen LogP contribution in [-0.2, 0) is 6.42 Å². The van der Waals surface area contributed by atoms with Crippen LogP contribution in [0, 0.1) is 23.7 Å². The van der Waals surface area contributed by atoms with E-state index in [1.807, 2.05) is 0 Å². The summed E-state index contributed by atoms with van der Waals surface area (Å²) in [5.41, 5.74) is 0.234. The van der Waals surface area contributed by atoms with E-state index >= 15 is 0 Å². The standard InChI is InChI=1S/C18H25N7O2.H2/c1-11-22-15(25-27-11)6-7-20-17-21-10-12(9-19)16(24-17)23-13-4-5-14(26)18(2,3)8-13;/h10,13-14,26H,4-8H2,1-3H3,(H2,20,21,23,24);1H/t13-,14+;/m1./s1. The zero-order chi connectivity index (χ0) is 19.4. The van der Waals surface area contributed by atoms with Crippen LogP contribution < -0.4 is 10.6 Å². The van der Waals surface area contributed by atoms with E-state index in [1.54, 1.807) is 6.92 Å². The van der Waals surface area contributed by atoms with E-state index in [2.05, 4.69) is 50.7 Å². The van der Waals surface area contributed by atoms with Crippen LogP contribution in [0.15, 0.2) is 10.7 Å². The van der Waals surface area contributed by atoms with Gasteiger partial charge in [0.2, 0.25) is 11.8 Å². The maximum absolute atomic E-state index is 10.1. The highest BCUT2D eigenvalue weighted by Crippen LogP contribution is 2.36. The van der Waals surface area contributed by atoms with E-state index in [9.17, 15) is 10.4 Å². The Balaban J connectivity index is 0.00000280. The monoisotopic (exact) mass is 373 g/mol. The highest BCUT2D eigenvalue weighted by atomic mass is 16.5. The van der Waals surface area contributed by atoms with Crippen molar-refractivity contribution in [2.45, 2.75) is 58.6 Å². The van der Waals surface area contributed by atoms with Crippen molar-refractivity contribution < 1.29 is 11.1 Å². The fraction of sp³-hybridized carbons (Fsp3) is 0.611. The average molecular weight is 373 g/mol. The molecule has 146 valence electrons. The zero-order valence-electron chi connectivity index (χ0n) is 15.9. The van der Waals surface area contributed by atoms with Gasteiger partial charge in [-0.15, -0.1) is 0 Å². The van der Waals surface area contributed by atoms with Crippen molar-refractivity contribution in [1.29, 1.82) is 5.26 Å². The van der Waals surface area contributed by atoms with Crippen LogP contribution in [0.4, 0.5) is 11.8 Å². The maximum Gasteiger partial charge on any atom is 0.224 e. The zero-order valence-corrected chi connectivity index (χ0v) is 15.9. The average Bonchev–Trinajstić information content (AvgIpc) is 3.03. The van der Waals surface area contributed by atoms with Gasteiger partial charge in [-0.05, 0) is 24.7 Å². The summed E-state index contributed by atoms with van der Waals surface area (Å²) in [5.74, 6) is 2.11. The molecule has 0 amide bonds. The number of rotatable bonds is 6. The third-order valence-electron chi connectivity index (χ3n) is 4.91. The number of aliphatic hydroxyl groups is 1. The van der Waals surface area contributed by atoms with Crippen LogP contribution in [0.1, 0.15) is 51.8 Å². The van der Waals surface area contributed by atoms with Gasteiger partial charge in [-0.25, -0.2) is 4.98 Å². The third-order valence-corrected chi connectivity index (χ3v) is 4.91. The molecule has 0 spiro atoms. The topological polar surface area (TPSA) is 133 Å². The quantitative estimate of drug-likeness (QED) is 0.697. The third kappa shape index (κ3) is 4.71. The number of aliphatic hydroxyl groups excluding tert-OH is 1. The van der Waals surface area contributed by atoms with E-state index < -0.39 is 0 Å². The second kappa shape index (κ2) is 7.88. The Morgan fingerprint density at radius 3 is 2.89 bits per heavy atom. The highest BCUT2D eigenvalue weighted by molar-refractivity contribution is 5.54. The molecule has 2 atom stereocenters. The number of anilines is 2. The molecule has 0 aliphatic heterocycles.